The first-order valence-electron chi connectivity index (χ1n) is 9.58. The Bertz CT molecular complexity index is 749. The summed E-state index contributed by atoms with van der Waals surface area (Å²) in [4.78, 5) is 25.2. The molecular weight excluding hydrogens is 338 g/mol. The third-order valence-corrected chi connectivity index (χ3v) is 4.86. The lowest BCUT2D eigenvalue weighted by atomic mass is 9.86. The molecule has 0 spiro atoms. The van der Waals surface area contributed by atoms with Crippen LogP contribution in [-0.2, 0) is 10.2 Å². The van der Waals surface area contributed by atoms with Crippen LogP contribution in [0.25, 0.3) is 0 Å². The SMILES string of the molecule is CC(C)(C)c1ccccc1NCCC(=O)N1CCN(c2ncccn2)CC1. The minimum absolute atomic E-state index is 0.0729. The number of anilines is 2. The molecule has 0 atom stereocenters. The largest absolute Gasteiger partial charge is 0.384 e. The molecule has 1 N–H and O–H groups in total. The van der Waals surface area contributed by atoms with E-state index < -0.39 is 0 Å². The molecular formula is C21H29N5O. The third kappa shape index (κ3) is 4.96. The van der Waals surface area contributed by atoms with Crippen molar-refractivity contribution in [2.75, 3.05) is 42.9 Å². The Balaban J connectivity index is 1.47. The van der Waals surface area contributed by atoms with E-state index in [1.807, 2.05) is 17.0 Å². The number of hydrogen-bond donors (Lipinski definition) is 1. The summed E-state index contributed by atoms with van der Waals surface area (Å²) in [5, 5.41) is 3.45. The van der Waals surface area contributed by atoms with E-state index in [-0.39, 0.29) is 11.3 Å². The minimum atomic E-state index is 0.0729. The molecule has 1 aliphatic rings. The number of carbonyl (C=O) groups is 1. The summed E-state index contributed by atoms with van der Waals surface area (Å²) >= 11 is 0. The Morgan fingerprint density at radius 3 is 2.37 bits per heavy atom. The second-order valence-electron chi connectivity index (χ2n) is 7.89. The molecule has 0 saturated carbocycles. The Hall–Kier alpha value is -2.63. The third-order valence-electron chi connectivity index (χ3n) is 4.86. The Morgan fingerprint density at radius 1 is 1.04 bits per heavy atom. The number of amides is 1. The molecule has 6 nitrogen and oxygen atoms in total. The summed E-state index contributed by atoms with van der Waals surface area (Å²) in [5.41, 5.74) is 2.46. The summed E-state index contributed by atoms with van der Waals surface area (Å²) in [6, 6.07) is 10.1. The highest BCUT2D eigenvalue weighted by Crippen LogP contribution is 2.29. The van der Waals surface area contributed by atoms with E-state index in [2.05, 4.69) is 59.2 Å². The van der Waals surface area contributed by atoms with Gasteiger partial charge in [-0.3, -0.25) is 4.79 Å². The molecule has 1 saturated heterocycles. The van der Waals surface area contributed by atoms with E-state index in [9.17, 15) is 4.79 Å². The van der Waals surface area contributed by atoms with Crippen molar-refractivity contribution in [1.29, 1.82) is 0 Å². The van der Waals surface area contributed by atoms with Crippen LogP contribution in [0.15, 0.2) is 42.7 Å². The van der Waals surface area contributed by atoms with E-state index in [4.69, 9.17) is 0 Å². The fourth-order valence-corrected chi connectivity index (χ4v) is 3.36. The predicted octanol–water partition coefficient (Wildman–Crippen LogP) is 2.92. The molecule has 0 unspecified atom stereocenters. The summed E-state index contributed by atoms with van der Waals surface area (Å²) in [6.07, 6.45) is 4.00. The van der Waals surface area contributed by atoms with Gasteiger partial charge in [-0.2, -0.15) is 0 Å². The molecule has 0 bridgehead atoms. The quantitative estimate of drug-likeness (QED) is 0.880. The smallest absolute Gasteiger partial charge is 0.225 e. The zero-order chi connectivity index (χ0) is 19.3. The number of rotatable bonds is 5. The van der Waals surface area contributed by atoms with Gasteiger partial charge in [-0.05, 0) is 23.1 Å². The molecule has 3 rings (SSSR count). The molecule has 0 aliphatic carbocycles. The highest BCUT2D eigenvalue weighted by Gasteiger charge is 2.22. The van der Waals surface area contributed by atoms with Crippen LogP contribution < -0.4 is 10.2 Å². The molecule has 1 amide bonds. The van der Waals surface area contributed by atoms with Crippen LogP contribution in [0.4, 0.5) is 11.6 Å². The lowest BCUT2D eigenvalue weighted by Crippen LogP contribution is -2.49. The fourth-order valence-electron chi connectivity index (χ4n) is 3.36. The number of nitrogens with one attached hydrogen (secondary N) is 1. The normalized spacial score (nSPS) is 14.9. The molecule has 1 aromatic heterocycles. The number of carbonyl (C=O) groups excluding carboxylic acids is 1. The second-order valence-corrected chi connectivity index (χ2v) is 7.89. The maximum Gasteiger partial charge on any atom is 0.225 e. The maximum atomic E-state index is 12.5. The molecule has 2 aromatic rings. The van der Waals surface area contributed by atoms with Crippen LogP contribution in [0, 0.1) is 0 Å². The van der Waals surface area contributed by atoms with Gasteiger partial charge in [-0.25, -0.2) is 9.97 Å². The molecule has 1 aliphatic heterocycles. The molecule has 144 valence electrons. The van der Waals surface area contributed by atoms with Crippen LogP contribution in [0.3, 0.4) is 0 Å². The maximum absolute atomic E-state index is 12.5. The van der Waals surface area contributed by atoms with Crippen molar-refractivity contribution in [1.82, 2.24) is 14.9 Å². The minimum Gasteiger partial charge on any atom is -0.384 e. The van der Waals surface area contributed by atoms with Crippen molar-refractivity contribution in [2.24, 2.45) is 0 Å². The summed E-state index contributed by atoms with van der Waals surface area (Å²) in [7, 11) is 0. The highest BCUT2D eigenvalue weighted by molar-refractivity contribution is 5.77. The topological polar surface area (TPSA) is 61.4 Å². The molecule has 2 heterocycles. The van der Waals surface area contributed by atoms with Crippen molar-refractivity contribution in [2.45, 2.75) is 32.6 Å². The van der Waals surface area contributed by atoms with Crippen molar-refractivity contribution >= 4 is 17.5 Å². The van der Waals surface area contributed by atoms with Crippen LogP contribution in [0.1, 0.15) is 32.8 Å². The highest BCUT2D eigenvalue weighted by atomic mass is 16.2. The van der Waals surface area contributed by atoms with E-state index in [1.165, 1.54) is 5.56 Å². The van der Waals surface area contributed by atoms with Crippen molar-refractivity contribution in [3.63, 3.8) is 0 Å². The summed E-state index contributed by atoms with van der Waals surface area (Å²) in [6.45, 7) is 10.2. The number of piperazine rings is 1. The first-order valence-corrected chi connectivity index (χ1v) is 9.58. The Labute approximate surface area is 161 Å². The standard InChI is InChI=1S/C21H29N5O/c1-21(2,3)17-7-4-5-8-18(17)22-12-9-19(27)25-13-15-26(16-14-25)20-23-10-6-11-24-20/h4-8,10-11,22H,9,12-16H2,1-3H3. The van der Waals surface area contributed by atoms with E-state index in [1.54, 1.807) is 12.4 Å². The molecule has 1 fully saturated rings. The monoisotopic (exact) mass is 367 g/mol. The predicted molar refractivity (Wildman–Crippen MR) is 109 cm³/mol. The molecule has 1 aromatic carbocycles. The van der Waals surface area contributed by atoms with Gasteiger partial charge in [-0.1, -0.05) is 39.0 Å². The van der Waals surface area contributed by atoms with Gasteiger partial charge in [-0.15, -0.1) is 0 Å². The molecule has 27 heavy (non-hydrogen) atoms. The van der Waals surface area contributed by atoms with Gasteiger partial charge in [0, 0.05) is 57.2 Å². The van der Waals surface area contributed by atoms with E-state index in [0.29, 0.717) is 13.0 Å². The second kappa shape index (κ2) is 8.37. The van der Waals surface area contributed by atoms with Crippen LogP contribution in [0.5, 0.6) is 0 Å². The van der Waals surface area contributed by atoms with Crippen LogP contribution in [0.2, 0.25) is 0 Å². The molecule has 6 heteroatoms. The number of para-hydroxylation sites is 1. The number of hydrogen-bond acceptors (Lipinski definition) is 5. The fraction of sp³-hybridized carbons (Fsp3) is 0.476. The average Bonchev–Trinajstić information content (AvgIpc) is 2.68. The number of aromatic nitrogens is 2. The average molecular weight is 367 g/mol. The number of nitrogens with zero attached hydrogens (tertiary/aromatic N) is 4. The Morgan fingerprint density at radius 2 is 1.70 bits per heavy atom. The van der Waals surface area contributed by atoms with Crippen molar-refractivity contribution in [3.8, 4) is 0 Å². The van der Waals surface area contributed by atoms with Gasteiger partial charge in [0.2, 0.25) is 11.9 Å². The number of benzene rings is 1. The lowest BCUT2D eigenvalue weighted by molar-refractivity contribution is -0.131. The van der Waals surface area contributed by atoms with Gasteiger partial charge in [0.1, 0.15) is 0 Å². The van der Waals surface area contributed by atoms with Gasteiger partial charge < -0.3 is 15.1 Å². The molecule has 0 radical (unpaired) electrons. The summed E-state index contributed by atoms with van der Waals surface area (Å²) in [5.74, 6) is 0.939. The van der Waals surface area contributed by atoms with Crippen LogP contribution >= 0.6 is 0 Å². The van der Waals surface area contributed by atoms with E-state index >= 15 is 0 Å². The van der Waals surface area contributed by atoms with Crippen LogP contribution in [-0.4, -0.2) is 53.5 Å². The van der Waals surface area contributed by atoms with Gasteiger partial charge in [0.25, 0.3) is 0 Å². The van der Waals surface area contributed by atoms with E-state index in [0.717, 1.165) is 37.8 Å². The van der Waals surface area contributed by atoms with Gasteiger partial charge in [0.15, 0.2) is 0 Å². The van der Waals surface area contributed by atoms with Gasteiger partial charge >= 0.3 is 0 Å². The Kier molecular flexibility index (Phi) is 5.94. The van der Waals surface area contributed by atoms with Gasteiger partial charge in [0.05, 0.1) is 0 Å². The zero-order valence-corrected chi connectivity index (χ0v) is 16.5. The first-order chi connectivity index (χ1) is 12.9. The van der Waals surface area contributed by atoms with Crippen molar-refractivity contribution in [3.05, 3.63) is 48.3 Å². The van der Waals surface area contributed by atoms with Crippen molar-refractivity contribution < 1.29 is 4.79 Å². The summed E-state index contributed by atoms with van der Waals surface area (Å²) < 4.78 is 0. The zero-order valence-electron chi connectivity index (χ0n) is 16.5. The lowest BCUT2D eigenvalue weighted by Gasteiger charge is -2.34. The first kappa shape index (κ1) is 19.1.